The third-order valence-corrected chi connectivity index (χ3v) is 8.51. The molecule has 268 valence electrons. The largest absolute Gasteiger partial charge is 0.387 e. The number of nitrogens with zero attached hydrogens (tertiary/aromatic N) is 5. The third kappa shape index (κ3) is 9.88. The molecule has 4 atom stereocenters. The summed E-state index contributed by atoms with van der Waals surface area (Å²) in [6.07, 6.45) is -1.10. The molecule has 0 saturated carbocycles. The van der Waals surface area contributed by atoms with Crippen LogP contribution >= 0.6 is 24.4 Å². The summed E-state index contributed by atoms with van der Waals surface area (Å²) >= 11 is 9.91. The van der Waals surface area contributed by atoms with Crippen LogP contribution in [0, 0.1) is 0 Å². The average molecular weight is 733 g/mol. The Morgan fingerprint density at radius 1 is 0.980 bits per heavy atom. The van der Waals surface area contributed by atoms with E-state index in [1.165, 1.54) is 10.9 Å². The molecule has 4 aromatic rings. The van der Waals surface area contributed by atoms with Gasteiger partial charge in [0.15, 0.2) is 28.6 Å². The summed E-state index contributed by atoms with van der Waals surface area (Å²) in [5.74, 6) is 0.0632. The van der Waals surface area contributed by atoms with E-state index in [0.717, 1.165) is 16.8 Å². The number of carbonyl (C=O) groups is 2. The number of fused-ring (bicyclic) bond motifs is 1. The molecule has 15 nitrogen and oxygen atoms in total. The standard InChI is InChI=1S/C34H40N10O5S2/c1-2-3-24(45)29-27(47)28(48)32(49-29)44-18-39-26-30(35)42-33(43-31(26)44)37-15-14-21-6-4-20(5-7-21)8-13-25(46)36-16-17-38-34(51)41-23-11-9-22(10-12-23)40-19-50/h4-7,9-12,18,27-29,32,47-48H,2-3,8,13-17H2,1H3,(H,36,46)(H2,38,41,51)(H3,35,37,42,43)/t27?,28-,29+,32?/m0/s1. The zero-order valence-electron chi connectivity index (χ0n) is 27.9. The Bertz CT molecular complexity index is 1880. The van der Waals surface area contributed by atoms with Crippen LogP contribution in [-0.2, 0) is 27.2 Å². The molecule has 0 bridgehead atoms. The molecule has 0 aliphatic carbocycles. The molecule has 1 amide bonds. The quantitative estimate of drug-likeness (QED) is 0.0502. The number of rotatable bonds is 16. The van der Waals surface area contributed by atoms with Gasteiger partial charge < -0.3 is 42.0 Å². The number of aliphatic hydroxyl groups is 2. The lowest BCUT2D eigenvalue weighted by molar-refractivity contribution is -0.135. The van der Waals surface area contributed by atoms with Crippen molar-refractivity contribution in [2.45, 2.75) is 63.6 Å². The summed E-state index contributed by atoms with van der Waals surface area (Å²) in [4.78, 5) is 41.8. The van der Waals surface area contributed by atoms with Crippen molar-refractivity contribution in [1.82, 2.24) is 30.2 Å². The SMILES string of the molecule is CCCC(=O)[C@H]1OC(n2cnc3c(N)nc(NCCc4ccc(CCC(=O)NCCNC(=S)Nc5ccc(N=C=S)cc5)cc4)nc32)[C@@H](O)C1O. The number of nitrogen functional groups attached to an aromatic ring is 1. The Morgan fingerprint density at radius 3 is 2.39 bits per heavy atom. The van der Waals surface area contributed by atoms with Gasteiger partial charge in [-0.3, -0.25) is 14.2 Å². The van der Waals surface area contributed by atoms with Crippen molar-refractivity contribution in [1.29, 1.82) is 0 Å². The maximum absolute atomic E-state index is 12.4. The highest BCUT2D eigenvalue weighted by atomic mass is 32.1. The number of aliphatic hydroxyl groups excluding tert-OH is 2. The van der Waals surface area contributed by atoms with Crippen molar-refractivity contribution in [2.75, 3.05) is 36.0 Å². The minimum absolute atomic E-state index is 0.0498. The summed E-state index contributed by atoms with van der Waals surface area (Å²) in [7, 11) is 0. The Kier molecular flexibility index (Phi) is 13.1. The molecule has 2 aromatic carbocycles. The molecular formula is C34H40N10O5S2. The molecule has 1 fully saturated rings. The molecule has 0 spiro atoms. The molecule has 8 N–H and O–H groups in total. The number of nitrogens with two attached hydrogens (primary N) is 1. The van der Waals surface area contributed by atoms with Crippen molar-refractivity contribution in [3.8, 4) is 0 Å². The fraction of sp³-hybridized carbons (Fsp3) is 0.382. The predicted octanol–water partition coefficient (Wildman–Crippen LogP) is 2.82. The molecule has 1 saturated heterocycles. The summed E-state index contributed by atoms with van der Waals surface area (Å²) in [6, 6.07) is 15.3. The first kappa shape index (κ1) is 37.4. The number of aryl methyl sites for hydroxylation is 1. The van der Waals surface area contributed by atoms with Gasteiger partial charge in [0.05, 0.1) is 17.2 Å². The van der Waals surface area contributed by atoms with Crippen LogP contribution in [0.25, 0.3) is 11.2 Å². The van der Waals surface area contributed by atoms with E-state index in [2.05, 4.69) is 58.6 Å². The molecule has 2 aromatic heterocycles. The van der Waals surface area contributed by atoms with Gasteiger partial charge in [-0.05, 0) is 79.1 Å². The van der Waals surface area contributed by atoms with Crippen LogP contribution in [0.4, 0.5) is 23.1 Å². The summed E-state index contributed by atoms with van der Waals surface area (Å²) in [5, 5.41) is 36.1. The van der Waals surface area contributed by atoms with Crippen molar-refractivity contribution in [2.24, 2.45) is 4.99 Å². The Morgan fingerprint density at radius 2 is 1.69 bits per heavy atom. The van der Waals surface area contributed by atoms with E-state index in [9.17, 15) is 19.8 Å². The van der Waals surface area contributed by atoms with Crippen molar-refractivity contribution in [3.05, 3.63) is 66.0 Å². The number of aliphatic imine (C=N–C) groups is 1. The van der Waals surface area contributed by atoms with Crippen molar-refractivity contribution in [3.63, 3.8) is 0 Å². The molecule has 1 aliphatic rings. The zero-order valence-corrected chi connectivity index (χ0v) is 29.5. The predicted molar refractivity (Wildman–Crippen MR) is 201 cm³/mol. The Labute approximate surface area is 305 Å². The van der Waals surface area contributed by atoms with Gasteiger partial charge >= 0.3 is 0 Å². The number of ketones is 1. The van der Waals surface area contributed by atoms with Gasteiger partial charge in [-0.25, -0.2) is 4.98 Å². The number of amides is 1. The van der Waals surface area contributed by atoms with Gasteiger partial charge in [0.1, 0.15) is 23.8 Å². The van der Waals surface area contributed by atoms with Gasteiger partial charge in [0.2, 0.25) is 11.9 Å². The van der Waals surface area contributed by atoms with Crippen molar-refractivity contribution >= 4 is 80.7 Å². The first-order chi connectivity index (χ1) is 24.7. The van der Waals surface area contributed by atoms with E-state index in [4.69, 9.17) is 22.7 Å². The second-order valence-corrected chi connectivity index (χ2v) is 12.5. The first-order valence-electron chi connectivity index (χ1n) is 16.5. The fourth-order valence-corrected chi connectivity index (χ4v) is 5.84. The van der Waals surface area contributed by atoms with Gasteiger partial charge in [0, 0.05) is 38.2 Å². The second-order valence-electron chi connectivity index (χ2n) is 11.9. The number of hydrogen-bond acceptors (Lipinski definition) is 13. The van der Waals surface area contributed by atoms with E-state index < -0.39 is 24.5 Å². The summed E-state index contributed by atoms with van der Waals surface area (Å²) in [5.41, 5.74) is 10.4. The highest BCUT2D eigenvalue weighted by Gasteiger charge is 2.47. The summed E-state index contributed by atoms with van der Waals surface area (Å²) < 4.78 is 7.24. The third-order valence-electron chi connectivity index (χ3n) is 8.17. The molecular weight excluding hydrogens is 693 g/mol. The van der Waals surface area contributed by atoms with Crippen LogP contribution in [0.1, 0.15) is 43.5 Å². The number of Topliss-reactive ketones (excluding diaryl/α,β-unsaturated/α-hetero) is 1. The lowest BCUT2D eigenvalue weighted by Gasteiger charge is -2.16. The maximum Gasteiger partial charge on any atom is 0.226 e. The van der Waals surface area contributed by atoms with Gasteiger partial charge in [-0.1, -0.05) is 31.2 Å². The number of isothiocyanates is 1. The number of imidazole rings is 1. The highest BCUT2D eigenvalue weighted by Crippen LogP contribution is 2.33. The zero-order chi connectivity index (χ0) is 36.3. The maximum atomic E-state index is 12.4. The number of benzene rings is 2. The van der Waals surface area contributed by atoms with Gasteiger partial charge in [-0.2, -0.15) is 15.0 Å². The normalized spacial score (nSPS) is 18.2. The van der Waals surface area contributed by atoms with Gasteiger partial charge in [0.25, 0.3) is 0 Å². The fourth-order valence-electron chi connectivity index (χ4n) is 5.51. The number of thiocarbonyl (C=S) groups is 2. The first-order valence-corrected chi connectivity index (χ1v) is 17.3. The number of nitrogens with one attached hydrogen (secondary N) is 4. The van der Waals surface area contributed by atoms with E-state index >= 15 is 0 Å². The molecule has 5 rings (SSSR count). The van der Waals surface area contributed by atoms with Gasteiger partial charge in [-0.15, -0.1) is 0 Å². The van der Waals surface area contributed by atoms with E-state index in [-0.39, 0.29) is 29.9 Å². The van der Waals surface area contributed by atoms with Crippen LogP contribution in [0.3, 0.4) is 0 Å². The Hall–Kier alpha value is -4.90. The molecule has 1 aliphatic heterocycles. The smallest absolute Gasteiger partial charge is 0.226 e. The van der Waals surface area contributed by atoms with Crippen LogP contribution in [0.15, 0.2) is 59.9 Å². The van der Waals surface area contributed by atoms with E-state index in [0.29, 0.717) is 67.3 Å². The van der Waals surface area contributed by atoms with Crippen LogP contribution in [-0.4, -0.2) is 89.6 Å². The monoisotopic (exact) mass is 732 g/mol. The highest BCUT2D eigenvalue weighted by molar-refractivity contribution is 7.80. The molecule has 0 radical (unpaired) electrons. The second kappa shape index (κ2) is 17.8. The lowest BCUT2D eigenvalue weighted by atomic mass is 10.0. The minimum atomic E-state index is -1.37. The van der Waals surface area contributed by atoms with Crippen LogP contribution in [0.5, 0.6) is 0 Å². The topological polar surface area (TPSA) is 214 Å². The molecule has 2 unspecified atom stereocenters. The number of hydrogen-bond donors (Lipinski definition) is 7. The lowest BCUT2D eigenvalue weighted by Crippen LogP contribution is -2.36. The van der Waals surface area contributed by atoms with Crippen LogP contribution < -0.4 is 27.0 Å². The number of carbonyl (C=O) groups excluding carboxylic acids is 2. The van der Waals surface area contributed by atoms with E-state index in [1.807, 2.05) is 43.3 Å². The number of anilines is 3. The Balaban J connectivity index is 1.03. The molecule has 3 heterocycles. The van der Waals surface area contributed by atoms with E-state index in [1.54, 1.807) is 12.1 Å². The molecule has 17 heteroatoms. The molecule has 51 heavy (non-hydrogen) atoms. The number of aromatic nitrogens is 4. The summed E-state index contributed by atoms with van der Waals surface area (Å²) in [6.45, 7) is 3.26. The minimum Gasteiger partial charge on any atom is -0.387 e. The average Bonchev–Trinajstić information content (AvgIpc) is 3.67. The number of ether oxygens (including phenoxy) is 1. The van der Waals surface area contributed by atoms with Crippen molar-refractivity contribution < 1.29 is 24.5 Å². The van der Waals surface area contributed by atoms with Crippen LogP contribution in [0.2, 0.25) is 0 Å².